The summed E-state index contributed by atoms with van der Waals surface area (Å²) in [6.45, 7) is 1.02. The highest BCUT2D eigenvalue weighted by molar-refractivity contribution is 7.13. The zero-order valence-corrected chi connectivity index (χ0v) is 13.1. The lowest BCUT2D eigenvalue weighted by Crippen LogP contribution is -2.23. The molecule has 0 aliphatic carbocycles. The Kier molecular flexibility index (Phi) is 3.59. The molecule has 0 atom stereocenters. The van der Waals surface area contributed by atoms with Gasteiger partial charge >= 0.3 is 0 Å². The van der Waals surface area contributed by atoms with E-state index in [1.807, 2.05) is 29.6 Å². The van der Waals surface area contributed by atoms with Crippen molar-refractivity contribution in [2.75, 3.05) is 6.61 Å². The number of benzene rings is 1. The Morgan fingerprint density at radius 3 is 3.17 bits per heavy atom. The Balaban J connectivity index is 1.42. The first-order valence-electron chi connectivity index (χ1n) is 7.32. The second-order valence-corrected chi connectivity index (χ2v) is 6.17. The van der Waals surface area contributed by atoms with Gasteiger partial charge in [-0.05, 0) is 35.2 Å². The number of oxazole rings is 1. The summed E-state index contributed by atoms with van der Waals surface area (Å²) in [4.78, 5) is 17.6. The summed E-state index contributed by atoms with van der Waals surface area (Å²) in [5, 5.41) is 4.84. The lowest BCUT2D eigenvalue weighted by molar-refractivity contribution is 0.0950. The van der Waals surface area contributed by atoms with Crippen molar-refractivity contribution in [3.63, 3.8) is 0 Å². The highest BCUT2D eigenvalue weighted by Gasteiger charge is 2.15. The highest BCUT2D eigenvalue weighted by Crippen LogP contribution is 2.26. The standard InChI is InChI=1S/C17H14N2O3S/c20-16(12-3-4-14-11(8-12)5-6-21-14)18-9-13-10-22-17(19-13)15-2-1-7-23-15/h1-4,7-8,10H,5-6,9H2,(H,18,20). The number of aromatic nitrogens is 1. The van der Waals surface area contributed by atoms with Crippen LogP contribution in [-0.2, 0) is 13.0 Å². The van der Waals surface area contributed by atoms with E-state index in [0.29, 0.717) is 30.3 Å². The van der Waals surface area contributed by atoms with Gasteiger partial charge in [0, 0.05) is 12.0 Å². The number of rotatable bonds is 4. The first kappa shape index (κ1) is 14.0. The summed E-state index contributed by atoms with van der Waals surface area (Å²) in [5.41, 5.74) is 2.42. The third-order valence-electron chi connectivity index (χ3n) is 3.67. The van der Waals surface area contributed by atoms with Gasteiger partial charge in [-0.2, -0.15) is 0 Å². The van der Waals surface area contributed by atoms with E-state index in [1.165, 1.54) is 0 Å². The van der Waals surface area contributed by atoms with Gasteiger partial charge in [0.1, 0.15) is 12.0 Å². The van der Waals surface area contributed by atoms with Gasteiger partial charge < -0.3 is 14.5 Å². The van der Waals surface area contributed by atoms with Crippen LogP contribution >= 0.6 is 11.3 Å². The molecule has 5 nitrogen and oxygen atoms in total. The lowest BCUT2D eigenvalue weighted by atomic mass is 10.1. The van der Waals surface area contributed by atoms with Crippen molar-refractivity contribution in [2.45, 2.75) is 13.0 Å². The number of carbonyl (C=O) groups excluding carboxylic acids is 1. The third-order valence-corrected chi connectivity index (χ3v) is 4.52. The van der Waals surface area contributed by atoms with Crippen LogP contribution in [0.1, 0.15) is 21.6 Å². The lowest BCUT2D eigenvalue weighted by Gasteiger charge is -2.05. The fourth-order valence-electron chi connectivity index (χ4n) is 2.50. The molecule has 1 aromatic carbocycles. The maximum Gasteiger partial charge on any atom is 0.251 e. The molecule has 0 bridgehead atoms. The monoisotopic (exact) mass is 326 g/mol. The number of fused-ring (bicyclic) bond motifs is 1. The van der Waals surface area contributed by atoms with Crippen molar-refractivity contribution in [1.29, 1.82) is 0 Å². The highest BCUT2D eigenvalue weighted by atomic mass is 32.1. The second kappa shape index (κ2) is 5.89. The average molecular weight is 326 g/mol. The first-order chi connectivity index (χ1) is 11.3. The normalized spacial score (nSPS) is 12.7. The molecule has 0 unspecified atom stereocenters. The Morgan fingerprint density at radius 2 is 2.30 bits per heavy atom. The summed E-state index contributed by atoms with van der Waals surface area (Å²) in [7, 11) is 0. The van der Waals surface area contributed by atoms with Crippen LogP contribution in [0, 0.1) is 0 Å². The average Bonchev–Trinajstić information content (AvgIpc) is 3.32. The van der Waals surface area contributed by atoms with Gasteiger partial charge in [0.25, 0.3) is 5.91 Å². The van der Waals surface area contributed by atoms with Crippen molar-refractivity contribution in [1.82, 2.24) is 10.3 Å². The molecule has 6 heteroatoms. The first-order valence-corrected chi connectivity index (χ1v) is 8.20. The Hall–Kier alpha value is -2.60. The van der Waals surface area contributed by atoms with Crippen LogP contribution in [0.5, 0.6) is 5.75 Å². The van der Waals surface area contributed by atoms with Crippen molar-refractivity contribution in [3.8, 4) is 16.5 Å². The van der Waals surface area contributed by atoms with Crippen LogP contribution in [-0.4, -0.2) is 17.5 Å². The fourth-order valence-corrected chi connectivity index (χ4v) is 3.16. The van der Waals surface area contributed by atoms with Gasteiger partial charge in [0.2, 0.25) is 5.89 Å². The molecule has 1 aliphatic rings. The number of ether oxygens (including phenoxy) is 1. The minimum Gasteiger partial charge on any atom is -0.493 e. The summed E-state index contributed by atoms with van der Waals surface area (Å²) in [5.74, 6) is 1.33. The zero-order valence-electron chi connectivity index (χ0n) is 12.2. The number of hydrogen-bond acceptors (Lipinski definition) is 5. The van der Waals surface area contributed by atoms with Gasteiger partial charge in [-0.15, -0.1) is 11.3 Å². The molecule has 0 saturated carbocycles. The van der Waals surface area contributed by atoms with E-state index < -0.39 is 0 Å². The molecular weight excluding hydrogens is 312 g/mol. The van der Waals surface area contributed by atoms with Crippen LogP contribution in [0.3, 0.4) is 0 Å². The SMILES string of the molecule is O=C(NCc1coc(-c2cccs2)n1)c1ccc2c(c1)CCO2. The van der Waals surface area contributed by atoms with Gasteiger partial charge in [-0.3, -0.25) is 4.79 Å². The van der Waals surface area contributed by atoms with Crippen LogP contribution in [0.4, 0.5) is 0 Å². The molecule has 3 heterocycles. The number of nitrogens with one attached hydrogen (secondary N) is 1. The molecule has 4 rings (SSSR count). The molecule has 3 aromatic rings. The van der Waals surface area contributed by atoms with E-state index >= 15 is 0 Å². The van der Waals surface area contributed by atoms with E-state index in [1.54, 1.807) is 23.7 Å². The van der Waals surface area contributed by atoms with Crippen molar-refractivity contribution < 1.29 is 13.9 Å². The number of hydrogen-bond donors (Lipinski definition) is 1. The molecule has 1 aliphatic heterocycles. The Labute approximate surface area is 136 Å². The molecule has 2 aromatic heterocycles. The third kappa shape index (κ3) is 2.85. The van der Waals surface area contributed by atoms with Crippen LogP contribution in [0.25, 0.3) is 10.8 Å². The molecule has 0 radical (unpaired) electrons. The maximum atomic E-state index is 12.2. The van der Waals surface area contributed by atoms with E-state index in [4.69, 9.17) is 9.15 Å². The van der Waals surface area contributed by atoms with Gasteiger partial charge in [0.15, 0.2) is 0 Å². The van der Waals surface area contributed by atoms with Gasteiger partial charge in [0.05, 0.1) is 23.7 Å². The topological polar surface area (TPSA) is 64.4 Å². The number of amides is 1. The van der Waals surface area contributed by atoms with Crippen LogP contribution < -0.4 is 10.1 Å². The molecule has 1 N–H and O–H groups in total. The van der Waals surface area contributed by atoms with Crippen LogP contribution in [0.2, 0.25) is 0 Å². The summed E-state index contributed by atoms with van der Waals surface area (Å²) < 4.78 is 10.9. The molecule has 1 amide bonds. The number of thiophene rings is 1. The molecule has 0 saturated heterocycles. The summed E-state index contributed by atoms with van der Waals surface area (Å²) >= 11 is 1.57. The molecule has 0 fully saturated rings. The van der Waals surface area contributed by atoms with E-state index in [-0.39, 0.29) is 5.91 Å². The smallest absolute Gasteiger partial charge is 0.251 e. The molecule has 23 heavy (non-hydrogen) atoms. The van der Waals surface area contributed by atoms with Gasteiger partial charge in [-0.1, -0.05) is 6.07 Å². The molecule has 0 spiro atoms. The summed E-state index contributed by atoms with van der Waals surface area (Å²) in [6.07, 6.45) is 2.43. The van der Waals surface area contributed by atoms with Crippen molar-refractivity contribution in [3.05, 3.63) is 58.8 Å². The minimum absolute atomic E-state index is 0.125. The van der Waals surface area contributed by atoms with E-state index in [0.717, 1.165) is 22.6 Å². The van der Waals surface area contributed by atoms with Crippen LogP contribution in [0.15, 0.2) is 46.4 Å². The molecular formula is C17H14N2O3S. The summed E-state index contributed by atoms with van der Waals surface area (Å²) in [6, 6.07) is 9.41. The fraction of sp³-hybridized carbons (Fsp3) is 0.176. The van der Waals surface area contributed by atoms with Crippen molar-refractivity contribution in [2.24, 2.45) is 0 Å². The van der Waals surface area contributed by atoms with Gasteiger partial charge in [-0.25, -0.2) is 4.98 Å². The zero-order chi connectivity index (χ0) is 15.6. The Morgan fingerprint density at radius 1 is 1.35 bits per heavy atom. The largest absolute Gasteiger partial charge is 0.493 e. The maximum absolute atomic E-state index is 12.2. The number of carbonyl (C=O) groups is 1. The Bertz CT molecular complexity index is 839. The number of nitrogens with zero attached hydrogens (tertiary/aromatic N) is 1. The van der Waals surface area contributed by atoms with E-state index in [2.05, 4.69) is 10.3 Å². The second-order valence-electron chi connectivity index (χ2n) is 5.22. The predicted molar refractivity (Wildman–Crippen MR) is 86.6 cm³/mol. The molecule has 116 valence electrons. The predicted octanol–water partition coefficient (Wildman–Crippen LogP) is 3.27. The van der Waals surface area contributed by atoms with Crippen molar-refractivity contribution >= 4 is 17.2 Å². The van der Waals surface area contributed by atoms with E-state index in [9.17, 15) is 4.79 Å². The minimum atomic E-state index is -0.125. The quantitative estimate of drug-likeness (QED) is 0.799.